The molecule has 0 aliphatic rings. The molecule has 0 aromatic carbocycles. The average molecular weight is 226 g/mol. The molecule has 16 heavy (non-hydrogen) atoms. The van der Waals surface area contributed by atoms with Crippen molar-refractivity contribution < 1.29 is 5.11 Å². The fourth-order valence-corrected chi connectivity index (χ4v) is 1.76. The first-order valence-electron chi connectivity index (χ1n) is 5.65. The highest BCUT2D eigenvalue weighted by molar-refractivity contribution is 5.21. The lowest BCUT2D eigenvalue weighted by atomic mass is 10.1. The smallest absolute Gasteiger partial charge is 0.0540 e. The van der Waals surface area contributed by atoms with Crippen LogP contribution in [0, 0.1) is 6.92 Å². The van der Waals surface area contributed by atoms with Crippen LogP contribution in [0.5, 0.6) is 0 Å². The maximum atomic E-state index is 8.86. The van der Waals surface area contributed by atoms with Crippen molar-refractivity contribution in [3.05, 3.63) is 17.5 Å². The quantitative estimate of drug-likeness (QED) is 0.642. The van der Waals surface area contributed by atoms with Gasteiger partial charge in [-0.3, -0.25) is 4.68 Å². The topological polar surface area (TPSA) is 76.1 Å². The Kier molecular flexibility index (Phi) is 4.92. The number of aliphatic hydroxyl groups is 1. The summed E-state index contributed by atoms with van der Waals surface area (Å²) < 4.78 is 1.84. The van der Waals surface area contributed by atoms with Crippen LogP contribution in [0.1, 0.15) is 30.6 Å². The monoisotopic (exact) mass is 226 g/mol. The number of aryl methyl sites for hydroxylation is 1. The van der Waals surface area contributed by atoms with Crippen molar-refractivity contribution in [3.63, 3.8) is 0 Å². The van der Waals surface area contributed by atoms with Crippen molar-refractivity contribution >= 4 is 0 Å². The Morgan fingerprint density at radius 2 is 2.31 bits per heavy atom. The molecule has 92 valence electrons. The number of nitrogens with zero attached hydrogens (tertiary/aromatic N) is 2. The molecule has 0 aliphatic heterocycles. The van der Waals surface area contributed by atoms with Crippen molar-refractivity contribution in [2.24, 2.45) is 12.8 Å². The Labute approximate surface area is 96.6 Å². The van der Waals surface area contributed by atoms with Gasteiger partial charge in [-0.05, 0) is 20.3 Å². The van der Waals surface area contributed by atoms with Gasteiger partial charge in [0, 0.05) is 43.5 Å². The summed E-state index contributed by atoms with van der Waals surface area (Å²) in [7, 11) is 1.92. The molecule has 0 radical (unpaired) electrons. The van der Waals surface area contributed by atoms with Gasteiger partial charge in [-0.15, -0.1) is 0 Å². The maximum absolute atomic E-state index is 8.86. The van der Waals surface area contributed by atoms with Crippen LogP contribution in [0.2, 0.25) is 0 Å². The van der Waals surface area contributed by atoms with E-state index in [0.717, 1.165) is 17.7 Å². The molecule has 1 aromatic rings. The molecule has 5 nitrogen and oxygen atoms in total. The van der Waals surface area contributed by atoms with Crippen LogP contribution in [-0.4, -0.2) is 34.1 Å². The highest BCUT2D eigenvalue weighted by Crippen LogP contribution is 2.16. The van der Waals surface area contributed by atoms with E-state index in [-0.39, 0.29) is 18.7 Å². The molecular formula is C11H22N4O. The van der Waals surface area contributed by atoms with Crippen LogP contribution in [0.15, 0.2) is 6.20 Å². The van der Waals surface area contributed by atoms with Crippen LogP contribution in [0.4, 0.5) is 0 Å². The Hall–Kier alpha value is -0.910. The molecule has 4 N–H and O–H groups in total. The largest absolute Gasteiger partial charge is 0.396 e. The molecule has 0 amide bonds. The molecule has 0 saturated heterocycles. The molecule has 1 heterocycles. The minimum Gasteiger partial charge on any atom is -0.396 e. The van der Waals surface area contributed by atoms with Crippen LogP contribution >= 0.6 is 0 Å². The number of hydrogen-bond donors (Lipinski definition) is 3. The van der Waals surface area contributed by atoms with Gasteiger partial charge >= 0.3 is 0 Å². The van der Waals surface area contributed by atoms with Gasteiger partial charge in [-0.1, -0.05) is 0 Å². The highest BCUT2D eigenvalue weighted by Gasteiger charge is 2.16. The standard InChI is InChI=1S/C11H22N4O/c1-8(4-5-16)14-11(6-12)10-7-13-15(3)9(10)2/h7-8,11,14,16H,4-6,12H2,1-3H3. The van der Waals surface area contributed by atoms with E-state index in [9.17, 15) is 0 Å². The van der Waals surface area contributed by atoms with Crippen molar-refractivity contribution in [2.45, 2.75) is 32.4 Å². The summed E-state index contributed by atoms with van der Waals surface area (Å²) in [6.45, 7) is 4.80. The zero-order chi connectivity index (χ0) is 12.1. The van der Waals surface area contributed by atoms with Gasteiger partial charge in [0.1, 0.15) is 0 Å². The Bertz CT molecular complexity index is 324. The SMILES string of the molecule is Cc1c(C(CN)NC(C)CCO)cnn1C. The third kappa shape index (κ3) is 3.04. The number of aromatic nitrogens is 2. The van der Waals surface area contributed by atoms with Gasteiger partial charge in [0.25, 0.3) is 0 Å². The third-order valence-electron chi connectivity index (χ3n) is 2.93. The van der Waals surface area contributed by atoms with E-state index in [1.165, 1.54) is 0 Å². The highest BCUT2D eigenvalue weighted by atomic mass is 16.3. The number of rotatable bonds is 6. The van der Waals surface area contributed by atoms with E-state index < -0.39 is 0 Å². The summed E-state index contributed by atoms with van der Waals surface area (Å²) in [5, 5.41) is 16.5. The van der Waals surface area contributed by atoms with Gasteiger partial charge < -0.3 is 16.2 Å². The number of nitrogens with one attached hydrogen (secondary N) is 1. The molecule has 0 bridgehead atoms. The zero-order valence-corrected chi connectivity index (χ0v) is 10.3. The molecule has 1 aromatic heterocycles. The predicted octanol–water partition coefficient (Wildman–Crippen LogP) is 0.0888. The van der Waals surface area contributed by atoms with Crippen LogP contribution in [-0.2, 0) is 7.05 Å². The summed E-state index contributed by atoms with van der Waals surface area (Å²) in [5.74, 6) is 0. The molecule has 0 spiro atoms. The van der Waals surface area contributed by atoms with Gasteiger partial charge in [-0.2, -0.15) is 5.10 Å². The lowest BCUT2D eigenvalue weighted by Gasteiger charge is -2.21. The molecule has 2 atom stereocenters. The van der Waals surface area contributed by atoms with E-state index in [1.54, 1.807) is 0 Å². The van der Waals surface area contributed by atoms with E-state index in [2.05, 4.69) is 10.4 Å². The van der Waals surface area contributed by atoms with Crippen molar-refractivity contribution in [2.75, 3.05) is 13.2 Å². The summed E-state index contributed by atoms with van der Waals surface area (Å²) in [6.07, 6.45) is 2.58. The lowest BCUT2D eigenvalue weighted by Crippen LogP contribution is -2.35. The van der Waals surface area contributed by atoms with Gasteiger partial charge in [-0.25, -0.2) is 0 Å². The molecule has 5 heteroatoms. The van der Waals surface area contributed by atoms with Crippen molar-refractivity contribution in [1.82, 2.24) is 15.1 Å². The number of nitrogens with two attached hydrogens (primary N) is 1. The van der Waals surface area contributed by atoms with E-state index >= 15 is 0 Å². The van der Waals surface area contributed by atoms with Crippen molar-refractivity contribution in [3.8, 4) is 0 Å². The average Bonchev–Trinajstić information content (AvgIpc) is 2.57. The Morgan fingerprint density at radius 1 is 1.62 bits per heavy atom. The second-order valence-electron chi connectivity index (χ2n) is 4.18. The van der Waals surface area contributed by atoms with Crippen LogP contribution in [0.3, 0.4) is 0 Å². The normalized spacial score (nSPS) is 15.1. The van der Waals surface area contributed by atoms with Crippen LogP contribution in [0.25, 0.3) is 0 Å². The summed E-state index contributed by atoms with van der Waals surface area (Å²) in [6, 6.07) is 0.355. The second-order valence-corrected chi connectivity index (χ2v) is 4.18. The third-order valence-corrected chi connectivity index (χ3v) is 2.93. The minimum atomic E-state index is 0.107. The predicted molar refractivity (Wildman–Crippen MR) is 64.0 cm³/mol. The fraction of sp³-hybridized carbons (Fsp3) is 0.727. The van der Waals surface area contributed by atoms with Crippen LogP contribution < -0.4 is 11.1 Å². The van der Waals surface area contributed by atoms with Crippen molar-refractivity contribution in [1.29, 1.82) is 0 Å². The first-order chi connectivity index (χ1) is 7.60. The van der Waals surface area contributed by atoms with Gasteiger partial charge in [0.15, 0.2) is 0 Å². The number of hydrogen-bond acceptors (Lipinski definition) is 4. The first kappa shape index (κ1) is 13.2. The first-order valence-corrected chi connectivity index (χ1v) is 5.65. The van der Waals surface area contributed by atoms with E-state index in [1.807, 2.05) is 31.8 Å². The molecule has 0 saturated carbocycles. The molecule has 0 fully saturated rings. The number of aliphatic hydroxyl groups excluding tert-OH is 1. The summed E-state index contributed by atoms with van der Waals surface area (Å²) in [5.41, 5.74) is 8.02. The van der Waals surface area contributed by atoms with E-state index in [0.29, 0.717) is 6.54 Å². The summed E-state index contributed by atoms with van der Waals surface area (Å²) in [4.78, 5) is 0. The molecule has 1 rings (SSSR count). The maximum Gasteiger partial charge on any atom is 0.0540 e. The molecular weight excluding hydrogens is 204 g/mol. The Balaban J connectivity index is 2.71. The minimum absolute atomic E-state index is 0.107. The van der Waals surface area contributed by atoms with E-state index in [4.69, 9.17) is 10.8 Å². The molecule has 2 unspecified atom stereocenters. The Morgan fingerprint density at radius 3 is 2.75 bits per heavy atom. The fourth-order valence-electron chi connectivity index (χ4n) is 1.76. The lowest BCUT2D eigenvalue weighted by molar-refractivity contribution is 0.263. The second kappa shape index (κ2) is 5.98. The molecule has 0 aliphatic carbocycles. The van der Waals surface area contributed by atoms with Gasteiger partial charge in [0.2, 0.25) is 0 Å². The zero-order valence-electron chi connectivity index (χ0n) is 10.3. The summed E-state index contributed by atoms with van der Waals surface area (Å²) >= 11 is 0. The van der Waals surface area contributed by atoms with Gasteiger partial charge in [0.05, 0.1) is 6.20 Å².